The summed E-state index contributed by atoms with van der Waals surface area (Å²) < 4.78 is 5.23. The number of amides is 2. The molecule has 3 rings (SSSR count). The average molecular weight is 353 g/mol. The molecule has 0 bridgehead atoms. The van der Waals surface area contributed by atoms with Crippen molar-refractivity contribution in [3.05, 3.63) is 59.7 Å². The highest BCUT2D eigenvalue weighted by Crippen LogP contribution is 2.20. The van der Waals surface area contributed by atoms with Gasteiger partial charge in [-0.25, -0.2) is 0 Å². The molecule has 6 nitrogen and oxygen atoms in total. The lowest BCUT2D eigenvalue weighted by Crippen LogP contribution is -2.47. The number of ether oxygens (including phenoxy) is 1. The number of nitrogens with one attached hydrogen (secondary N) is 1. The molecular weight excluding hydrogens is 330 g/mol. The number of nitrogens with zero attached hydrogens (tertiary/aromatic N) is 2. The number of benzene rings is 2. The van der Waals surface area contributed by atoms with Crippen LogP contribution < -0.4 is 10.1 Å². The van der Waals surface area contributed by atoms with Crippen LogP contribution in [-0.2, 0) is 0 Å². The van der Waals surface area contributed by atoms with E-state index in [-0.39, 0.29) is 11.8 Å². The van der Waals surface area contributed by atoms with Crippen molar-refractivity contribution >= 4 is 17.5 Å². The number of hydrogen-bond acceptors (Lipinski definition) is 4. The smallest absolute Gasteiger partial charge is 0.259 e. The SMILES string of the molecule is COc1ccccc1C(=O)Nc1cccc(C(=O)N2CCN(C)CC2)c1. The molecule has 0 spiro atoms. The van der Waals surface area contributed by atoms with Gasteiger partial charge in [-0.05, 0) is 37.4 Å². The highest BCUT2D eigenvalue weighted by molar-refractivity contribution is 6.06. The molecule has 2 aromatic rings. The number of likely N-dealkylation sites (N-methyl/N-ethyl adjacent to an activating group) is 1. The Balaban J connectivity index is 1.73. The van der Waals surface area contributed by atoms with Crippen molar-refractivity contribution in [2.75, 3.05) is 45.7 Å². The molecule has 6 heteroatoms. The Kier molecular flexibility index (Phi) is 5.53. The van der Waals surface area contributed by atoms with Crippen molar-refractivity contribution in [1.29, 1.82) is 0 Å². The largest absolute Gasteiger partial charge is 0.496 e. The van der Waals surface area contributed by atoms with Crippen molar-refractivity contribution in [3.8, 4) is 5.75 Å². The first kappa shape index (κ1) is 17.9. The van der Waals surface area contributed by atoms with Crippen molar-refractivity contribution < 1.29 is 14.3 Å². The van der Waals surface area contributed by atoms with Gasteiger partial charge < -0.3 is 19.9 Å². The molecule has 2 amide bonds. The number of carbonyl (C=O) groups excluding carboxylic acids is 2. The summed E-state index contributed by atoms with van der Waals surface area (Å²) in [7, 11) is 3.58. The molecule has 26 heavy (non-hydrogen) atoms. The molecule has 1 heterocycles. The van der Waals surface area contributed by atoms with Gasteiger partial charge in [0, 0.05) is 37.4 Å². The van der Waals surface area contributed by atoms with Gasteiger partial charge in [-0.3, -0.25) is 9.59 Å². The quantitative estimate of drug-likeness (QED) is 0.916. The fourth-order valence-corrected chi connectivity index (χ4v) is 2.95. The van der Waals surface area contributed by atoms with E-state index < -0.39 is 0 Å². The molecule has 2 aromatic carbocycles. The highest BCUT2D eigenvalue weighted by Gasteiger charge is 2.20. The number of anilines is 1. The van der Waals surface area contributed by atoms with E-state index in [0.29, 0.717) is 35.7 Å². The number of carbonyl (C=O) groups is 2. The van der Waals surface area contributed by atoms with Crippen LogP contribution in [0.4, 0.5) is 5.69 Å². The lowest BCUT2D eigenvalue weighted by molar-refractivity contribution is 0.0664. The Bertz CT molecular complexity index is 798. The van der Waals surface area contributed by atoms with E-state index in [1.165, 1.54) is 7.11 Å². The molecule has 1 aliphatic heterocycles. The second-order valence-corrected chi connectivity index (χ2v) is 6.33. The first-order valence-electron chi connectivity index (χ1n) is 8.61. The fraction of sp³-hybridized carbons (Fsp3) is 0.300. The predicted molar refractivity (Wildman–Crippen MR) is 101 cm³/mol. The number of hydrogen-bond donors (Lipinski definition) is 1. The minimum atomic E-state index is -0.272. The molecule has 0 aromatic heterocycles. The molecular formula is C20H23N3O3. The molecule has 0 saturated carbocycles. The van der Waals surface area contributed by atoms with Gasteiger partial charge in [-0.2, -0.15) is 0 Å². The van der Waals surface area contributed by atoms with Gasteiger partial charge in [-0.15, -0.1) is 0 Å². The monoisotopic (exact) mass is 353 g/mol. The normalized spacial score (nSPS) is 14.8. The van der Waals surface area contributed by atoms with Crippen LogP contribution in [-0.4, -0.2) is 62.0 Å². The Hall–Kier alpha value is -2.86. The summed E-state index contributed by atoms with van der Waals surface area (Å²) in [4.78, 5) is 29.3. The third-order valence-electron chi connectivity index (χ3n) is 4.51. The third kappa shape index (κ3) is 4.03. The number of methoxy groups -OCH3 is 1. The molecule has 0 radical (unpaired) electrons. The van der Waals surface area contributed by atoms with Crippen molar-refractivity contribution in [2.45, 2.75) is 0 Å². The van der Waals surface area contributed by atoms with Gasteiger partial charge in [0.2, 0.25) is 0 Å². The molecule has 1 saturated heterocycles. The number of piperazine rings is 1. The van der Waals surface area contributed by atoms with Crippen molar-refractivity contribution in [1.82, 2.24) is 9.80 Å². The van der Waals surface area contributed by atoms with Gasteiger partial charge in [0.1, 0.15) is 5.75 Å². The standard InChI is InChI=1S/C20H23N3O3/c1-22-10-12-23(13-11-22)20(25)15-6-5-7-16(14-15)21-19(24)17-8-3-4-9-18(17)26-2/h3-9,14H,10-13H2,1-2H3,(H,21,24). The van der Waals surface area contributed by atoms with Crippen molar-refractivity contribution in [3.63, 3.8) is 0 Å². The zero-order valence-electron chi connectivity index (χ0n) is 15.1. The van der Waals surface area contributed by atoms with Crippen molar-refractivity contribution in [2.24, 2.45) is 0 Å². The molecule has 1 aliphatic rings. The zero-order valence-corrected chi connectivity index (χ0v) is 15.1. The van der Waals surface area contributed by atoms with Crippen LogP contribution in [0.25, 0.3) is 0 Å². The van der Waals surface area contributed by atoms with E-state index in [1.807, 2.05) is 11.0 Å². The summed E-state index contributed by atoms with van der Waals surface area (Å²) in [5.74, 6) is 0.229. The highest BCUT2D eigenvalue weighted by atomic mass is 16.5. The Morgan fingerprint density at radius 3 is 2.46 bits per heavy atom. The minimum absolute atomic E-state index is 0.00788. The summed E-state index contributed by atoms with van der Waals surface area (Å²) in [6.07, 6.45) is 0. The Labute approximate surface area is 153 Å². The number of rotatable bonds is 4. The fourth-order valence-electron chi connectivity index (χ4n) is 2.95. The summed E-state index contributed by atoms with van der Waals surface area (Å²) in [6, 6.07) is 14.1. The van der Waals surface area contributed by atoms with E-state index in [9.17, 15) is 9.59 Å². The van der Waals surface area contributed by atoms with Crippen LogP contribution in [0.15, 0.2) is 48.5 Å². The molecule has 0 aliphatic carbocycles. The van der Waals surface area contributed by atoms with Crippen LogP contribution in [0.2, 0.25) is 0 Å². The molecule has 1 N–H and O–H groups in total. The van der Waals surface area contributed by atoms with E-state index in [1.54, 1.807) is 42.5 Å². The maximum atomic E-state index is 12.7. The van der Waals surface area contributed by atoms with E-state index in [4.69, 9.17) is 4.74 Å². The second kappa shape index (κ2) is 8.01. The van der Waals surface area contributed by atoms with Gasteiger partial charge in [0.05, 0.1) is 12.7 Å². The summed E-state index contributed by atoms with van der Waals surface area (Å²) >= 11 is 0. The maximum absolute atomic E-state index is 12.7. The Morgan fingerprint density at radius 1 is 1.00 bits per heavy atom. The van der Waals surface area contributed by atoms with Crippen LogP contribution in [0.1, 0.15) is 20.7 Å². The lowest BCUT2D eigenvalue weighted by atomic mass is 10.1. The maximum Gasteiger partial charge on any atom is 0.259 e. The molecule has 136 valence electrons. The predicted octanol–water partition coefficient (Wildman–Crippen LogP) is 2.34. The lowest BCUT2D eigenvalue weighted by Gasteiger charge is -2.32. The van der Waals surface area contributed by atoms with Crippen LogP contribution in [0.5, 0.6) is 5.75 Å². The van der Waals surface area contributed by atoms with Crippen LogP contribution in [0.3, 0.4) is 0 Å². The Morgan fingerprint density at radius 2 is 1.73 bits per heavy atom. The average Bonchev–Trinajstić information content (AvgIpc) is 2.68. The van der Waals surface area contributed by atoms with Gasteiger partial charge in [0.15, 0.2) is 0 Å². The molecule has 1 fully saturated rings. The second-order valence-electron chi connectivity index (χ2n) is 6.33. The van der Waals surface area contributed by atoms with Gasteiger partial charge in [-0.1, -0.05) is 18.2 Å². The topological polar surface area (TPSA) is 61.9 Å². The third-order valence-corrected chi connectivity index (χ3v) is 4.51. The summed E-state index contributed by atoms with van der Waals surface area (Å²) in [5, 5.41) is 2.84. The first-order valence-corrected chi connectivity index (χ1v) is 8.61. The van der Waals surface area contributed by atoms with E-state index in [2.05, 4.69) is 17.3 Å². The molecule has 0 atom stereocenters. The first-order chi connectivity index (χ1) is 12.6. The van der Waals surface area contributed by atoms with Crippen LogP contribution in [0, 0.1) is 0 Å². The summed E-state index contributed by atoms with van der Waals surface area (Å²) in [5.41, 5.74) is 1.61. The minimum Gasteiger partial charge on any atom is -0.496 e. The molecule has 0 unspecified atom stereocenters. The van der Waals surface area contributed by atoms with Gasteiger partial charge >= 0.3 is 0 Å². The zero-order chi connectivity index (χ0) is 18.5. The summed E-state index contributed by atoms with van der Waals surface area (Å²) in [6.45, 7) is 3.17. The number of para-hydroxylation sites is 1. The van der Waals surface area contributed by atoms with Crippen LogP contribution >= 0.6 is 0 Å². The van der Waals surface area contributed by atoms with E-state index in [0.717, 1.165) is 13.1 Å². The van der Waals surface area contributed by atoms with Gasteiger partial charge in [0.25, 0.3) is 11.8 Å². The van der Waals surface area contributed by atoms with E-state index >= 15 is 0 Å².